The summed E-state index contributed by atoms with van der Waals surface area (Å²) < 4.78 is 74.2. The molecule has 0 aliphatic heterocycles. The summed E-state index contributed by atoms with van der Waals surface area (Å²) in [7, 11) is 0. The van der Waals surface area contributed by atoms with Crippen molar-refractivity contribution in [2.24, 2.45) is 0 Å². The number of hydrogen-bond donors (Lipinski definition) is 0. The van der Waals surface area contributed by atoms with E-state index in [0.29, 0.717) is 10.8 Å². The molecule has 0 unspecified atom stereocenters. The number of halogens is 6. The van der Waals surface area contributed by atoms with Crippen LogP contribution >= 0.6 is 0 Å². The molecule has 1 aromatic heterocycles. The third-order valence-corrected chi connectivity index (χ3v) is 2.69. The second kappa shape index (κ2) is 6.32. The lowest BCUT2D eigenvalue weighted by molar-refractivity contribution is -0.392. The average molecular weight is 332 g/mol. The molecule has 12 heteroatoms. The van der Waals surface area contributed by atoms with Gasteiger partial charge in [-0.2, -0.15) is 22.0 Å². The van der Waals surface area contributed by atoms with Crippen molar-refractivity contribution in [2.75, 3.05) is 0 Å². The number of rotatable bonds is 7. The molecule has 0 radical (unpaired) electrons. The normalized spacial score (nSPS) is 12.5. The predicted molar refractivity (Wildman–Crippen MR) is 58.9 cm³/mol. The van der Waals surface area contributed by atoms with Crippen molar-refractivity contribution in [1.82, 2.24) is 9.55 Å². The number of Topliss-reactive ketones (excluding diaryl/α,β-unsaturated/α-hetero) is 1. The maximum Gasteiger partial charge on any atom is 0.453 e. The molecule has 0 aromatic carbocycles. The molecule has 0 amide bonds. The van der Waals surface area contributed by atoms with Gasteiger partial charge in [0.05, 0.1) is 0 Å². The Balaban J connectivity index is 2.78. The topological polar surface area (TPSA) is 78.0 Å². The van der Waals surface area contributed by atoms with Gasteiger partial charge >= 0.3 is 17.9 Å². The molecule has 22 heavy (non-hydrogen) atoms. The SMILES string of the molecule is O=C(CCC(F)(F)C(F)(F)F)Cn1c([N+](=O)[O-])cnc1C[18F]. The van der Waals surface area contributed by atoms with E-state index in [4.69, 9.17) is 0 Å². The third-order valence-electron chi connectivity index (χ3n) is 2.69. The van der Waals surface area contributed by atoms with Crippen molar-refractivity contribution < 1.29 is 36.1 Å². The molecule has 0 saturated heterocycles. The summed E-state index contributed by atoms with van der Waals surface area (Å²) in [5, 5.41) is 10.6. The zero-order valence-corrected chi connectivity index (χ0v) is 10.7. The number of hydrogen-bond acceptors (Lipinski definition) is 4. The molecule has 6 nitrogen and oxygen atoms in total. The van der Waals surface area contributed by atoms with E-state index in [-0.39, 0.29) is 0 Å². The minimum Gasteiger partial charge on any atom is -0.358 e. The fraction of sp³-hybridized carbons (Fsp3) is 0.600. The first-order chi connectivity index (χ1) is 9.99. The van der Waals surface area contributed by atoms with Crippen molar-refractivity contribution in [3.8, 4) is 0 Å². The van der Waals surface area contributed by atoms with Gasteiger partial charge in [0.2, 0.25) is 5.82 Å². The van der Waals surface area contributed by atoms with Gasteiger partial charge in [-0.3, -0.25) is 4.79 Å². The van der Waals surface area contributed by atoms with Crippen molar-refractivity contribution in [3.63, 3.8) is 0 Å². The number of alkyl halides is 6. The lowest BCUT2D eigenvalue weighted by Crippen LogP contribution is -2.36. The quantitative estimate of drug-likeness (QED) is 0.437. The molecule has 0 aliphatic rings. The minimum absolute atomic E-state index is 0.498. The number of aromatic nitrogens is 2. The van der Waals surface area contributed by atoms with E-state index in [0.717, 1.165) is 0 Å². The van der Waals surface area contributed by atoms with Crippen LogP contribution < -0.4 is 0 Å². The molecule has 0 N–H and O–H groups in total. The van der Waals surface area contributed by atoms with Crippen LogP contribution in [0.2, 0.25) is 0 Å². The second-order valence-electron chi connectivity index (χ2n) is 4.25. The van der Waals surface area contributed by atoms with Crippen LogP contribution in [-0.2, 0) is 18.0 Å². The monoisotopic (exact) mass is 332 g/mol. The number of nitro groups is 1. The van der Waals surface area contributed by atoms with Gasteiger partial charge in [0.15, 0.2) is 19.0 Å². The molecular weight excluding hydrogens is 323 g/mol. The predicted octanol–water partition coefficient (Wildman–Crippen LogP) is 2.81. The highest BCUT2D eigenvalue weighted by molar-refractivity contribution is 5.78. The summed E-state index contributed by atoms with van der Waals surface area (Å²) in [6, 6.07) is 0. The van der Waals surface area contributed by atoms with Crippen LogP contribution in [0.1, 0.15) is 18.7 Å². The zero-order valence-electron chi connectivity index (χ0n) is 10.7. The summed E-state index contributed by atoms with van der Waals surface area (Å²) in [5.74, 6) is -7.45. The van der Waals surface area contributed by atoms with E-state index < -0.39 is 60.5 Å². The maximum atomic E-state index is 12.7. The lowest BCUT2D eigenvalue weighted by atomic mass is 10.1. The highest BCUT2D eigenvalue weighted by Crippen LogP contribution is 2.38. The van der Waals surface area contributed by atoms with Gasteiger partial charge in [-0.05, 0) is 4.92 Å². The van der Waals surface area contributed by atoms with Gasteiger partial charge in [0, 0.05) is 12.8 Å². The highest BCUT2D eigenvalue weighted by atomic mass is 19.4. The van der Waals surface area contributed by atoms with E-state index in [9.17, 15) is 41.3 Å². The average Bonchev–Trinajstić information content (AvgIpc) is 2.78. The molecule has 1 heterocycles. The van der Waals surface area contributed by atoms with E-state index in [1.165, 1.54) is 0 Å². The fourth-order valence-corrected chi connectivity index (χ4v) is 1.52. The Morgan fingerprint density at radius 3 is 2.36 bits per heavy atom. The van der Waals surface area contributed by atoms with E-state index in [2.05, 4.69) is 4.98 Å². The van der Waals surface area contributed by atoms with Gasteiger partial charge in [-0.15, -0.1) is 0 Å². The van der Waals surface area contributed by atoms with Gasteiger partial charge in [-0.25, -0.2) is 13.9 Å². The lowest BCUT2D eigenvalue weighted by Gasteiger charge is -2.18. The molecule has 0 atom stereocenters. The summed E-state index contributed by atoms with van der Waals surface area (Å²) in [4.78, 5) is 24.4. The van der Waals surface area contributed by atoms with Crippen LogP contribution in [0, 0.1) is 10.1 Å². The largest absolute Gasteiger partial charge is 0.453 e. The number of carbonyl (C=O) groups is 1. The summed E-state index contributed by atoms with van der Waals surface area (Å²) in [6.07, 6.45) is -8.10. The Morgan fingerprint density at radius 1 is 1.32 bits per heavy atom. The van der Waals surface area contributed by atoms with Crippen LogP contribution in [0.25, 0.3) is 0 Å². The molecule has 0 spiro atoms. The third kappa shape index (κ3) is 3.95. The number of imidazole rings is 1. The molecule has 0 fully saturated rings. The van der Waals surface area contributed by atoms with E-state index >= 15 is 0 Å². The number of ketones is 1. The van der Waals surface area contributed by atoms with Crippen molar-refractivity contribution in [1.29, 1.82) is 0 Å². The zero-order chi connectivity index (χ0) is 17.1. The Bertz CT molecular complexity index is 569. The highest BCUT2D eigenvalue weighted by Gasteiger charge is 2.56. The minimum atomic E-state index is -5.79. The Morgan fingerprint density at radius 2 is 1.91 bits per heavy atom. The van der Waals surface area contributed by atoms with E-state index in [1.807, 2.05) is 0 Å². The standard InChI is InChI=1S/C10H9F6N3O3/c11-3-7-17-4-8(19(21)22)18(7)5-6(20)1-2-9(12,13)10(14,15)16/h4H,1-3,5H2/i11-1. The Kier molecular flexibility index (Phi) is 5.14. The first-order valence-corrected chi connectivity index (χ1v) is 5.70. The smallest absolute Gasteiger partial charge is 0.358 e. The van der Waals surface area contributed by atoms with Crippen molar-refractivity contribution in [2.45, 2.75) is 38.2 Å². The van der Waals surface area contributed by atoms with Crippen LogP contribution in [0.3, 0.4) is 0 Å². The van der Waals surface area contributed by atoms with Gasteiger partial charge in [0.1, 0.15) is 6.20 Å². The van der Waals surface area contributed by atoms with Gasteiger partial charge < -0.3 is 10.1 Å². The first-order valence-electron chi connectivity index (χ1n) is 5.70. The van der Waals surface area contributed by atoms with Crippen LogP contribution in [0.4, 0.5) is 32.2 Å². The molecule has 1 rings (SSSR count). The van der Waals surface area contributed by atoms with Gasteiger partial charge in [-0.1, -0.05) is 0 Å². The van der Waals surface area contributed by atoms with Crippen LogP contribution in [0.15, 0.2) is 6.20 Å². The summed E-state index contributed by atoms with van der Waals surface area (Å²) in [5.41, 5.74) is 0. The van der Waals surface area contributed by atoms with Crippen LogP contribution in [0.5, 0.6) is 0 Å². The Hall–Kier alpha value is -2.14. The molecule has 0 bridgehead atoms. The fourth-order valence-electron chi connectivity index (χ4n) is 1.52. The number of carbonyl (C=O) groups excluding carboxylic acids is 1. The number of nitrogens with zero attached hydrogens (tertiary/aromatic N) is 3. The summed E-state index contributed by atoms with van der Waals surface area (Å²) >= 11 is 0. The van der Waals surface area contributed by atoms with Crippen molar-refractivity contribution >= 4 is 11.6 Å². The molecule has 0 saturated carbocycles. The van der Waals surface area contributed by atoms with Crippen molar-refractivity contribution in [3.05, 3.63) is 22.1 Å². The Labute approximate surface area is 118 Å². The molecule has 124 valence electrons. The molecule has 1 aromatic rings. The van der Waals surface area contributed by atoms with Gasteiger partial charge in [0.25, 0.3) is 0 Å². The van der Waals surface area contributed by atoms with E-state index in [1.54, 1.807) is 0 Å². The maximum absolute atomic E-state index is 12.7. The first kappa shape index (κ1) is 17.9. The second-order valence-corrected chi connectivity index (χ2v) is 4.25. The molecule has 0 aliphatic carbocycles. The summed E-state index contributed by atoms with van der Waals surface area (Å²) in [6.45, 7) is -2.18. The molecular formula is C10H9F6N3O3. The van der Waals surface area contributed by atoms with Crippen LogP contribution in [-0.4, -0.2) is 32.4 Å².